The van der Waals surface area contributed by atoms with Gasteiger partial charge in [0.1, 0.15) is 0 Å². The molecule has 23 heavy (non-hydrogen) atoms. The van der Waals surface area contributed by atoms with Crippen molar-refractivity contribution >= 4 is 11.6 Å². The van der Waals surface area contributed by atoms with Gasteiger partial charge >= 0.3 is 0 Å². The van der Waals surface area contributed by atoms with Crippen molar-refractivity contribution in [2.75, 3.05) is 19.5 Å². The van der Waals surface area contributed by atoms with Crippen LogP contribution in [0.4, 0.5) is 5.69 Å². The summed E-state index contributed by atoms with van der Waals surface area (Å²) in [6.45, 7) is 4.08. The molecule has 0 spiro atoms. The number of carbonyl (C=O) groups is 1. The first-order valence-electron chi connectivity index (χ1n) is 7.67. The number of carbonyl (C=O) groups excluding carboxylic acids is 1. The van der Waals surface area contributed by atoms with Crippen molar-refractivity contribution in [2.45, 2.75) is 26.2 Å². The number of nitrogens with one attached hydrogen (secondary N) is 1. The second-order valence-corrected chi connectivity index (χ2v) is 5.94. The fraction of sp³-hybridized carbons (Fsp3) is 0.316. The number of rotatable bonds is 4. The number of ether oxygens (including phenoxy) is 2. The van der Waals surface area contributed by atoms with Crippen molar-refractivity contribution in [3.8, 4) is 11.5 Å². The van der Waals surface area contributed by atoms with E-state index in [4.69, 9.17) is 9.47 Å². The van der Waals surface area contributed by atoms with Crippen LogP contribution in [0.2, 0.25) is 0 Å². The van der Waals surface area contributed by atoms with Gasteiger partial charge in [0, 0.05) is 5.69 Å². The summed E-state index contributed by atoms with van der Waals surface area (Å²) in [5, 5.41) is 3.02. The van der Waals surface area contributed by atoms with Crippen molar-refractivity contribution in [1.29, 1.82) is 0 Å². The van der Waals surface area contributed by atoms with Gasteiger partial charge in [-0.2, -0.15) is 0 Å². The third-order valence-corrected chi connectivity index (χ3v) is 4.36. The van der Waals surface area contributed by atoms with E-state index in [-0.39, 0.29) is 11.8 Å². The van der Waals surface area contributed by atoms with Gasteiger partial charge in [0.15, 0.2) is 11.5 Å². The van der Waals surface area contributed by atoms with E-state index in [9.17, 15) is 4.79 Å². The summed E-state index contributed by atoms with van der Waals surface area (Å²) < 4.78 is 10.8. The number of fused-ring (bicyclic) bond motifs is 1. The van der Waals surface area contributed by atoms with Gasteiger partial charge in [-0.15, -0.1) is 0 Å². The van der Waals surface area contributed by atoms with E-state index in [1.54, 1.807) is 14.2 Å². The predicted octanol–water partition coefficient (Wildman–Crippen LogP) is 3.60. The number of benzene rings is 2. The molecule has 1 amide bonds. The van der Waals surface area contributed by atoms with Crippen molar-refractivity contribution in [3.05, 3.63) is 52.6 Å². The third kappa shape index (κ3) is 2.65. The van der Waals surface area contributed by atoms with Gasteiger partial charge in [-0.3, -0.25) is 4.79 Å². The molecule has 1 atom stereocenters. The Kier molecular flexibility index (Phi) is 3.99. The quantitative estimate of drug-likeness (QED) is 0.938. The van der Waals surface area contributed by atoms with Crippen LogP contribution in [0.25, 0.3) is 0 Å². The van der Waals surface area contributed by atoms with Crippen LogP contribution >= 0.6 is 0 Å². The lowest BCUT2D eigenvalue weighted by molar-refractivity contribution is -0.117. The van der Waals surface area contributed by atoms with Crippen LogP contribution in [-0.2, 0) is 11.2 Å². The molecule has 4 nitrogen and oxygen atoms in total. The highest BCUT2D eigenvalue weighted by atomic mass is 16.5. The van der Waals surface area contributed by atoms with Crippen LogP contribution in [0.3, 0.4) is 0 Å². The number of anilines is 1. The van der Waals surface area contributed by atoms with Crippen molar-refractivity contribution in [2.24, 2.45) is 0 Å². The summed E-state index contributed by atoms with van der Waals surface area (Å²) in [6, 6.07) is 9.95. The Hall–Kier alpha value is -2.49. The molecule has 120 valence electrons. The normalized spacial score (nSPS) is 16.0. The minimum Gasteiger partial charge on any atom is -0.493 e. The fourth-order valence-corrected chi connectivity index (χ4v) is 3.33. The Morgan fingerprint density at radius 3 is 2.61 bits per heavy atom. The molecule has 1 N–H and O–H groups in total. The van der Waals surface area contributed by atoms with Gasteiger partial charge in [0.2, 0.25) is 5.91 Å². The Labute approximate surface area is 136 Å². The van der Waals surface area contributed by atoms with E-state index in [2.05, 4.69) is 24.4 Å². The van der Waals surface area contributed by atoms with Crippen molar-refractivity contribution in [1.82, 2.24) is 0 Å². The zero-order valence-electron chi connectivity index (χ0n) is 13.9. The number of methoxy groups -OCH3 is 2. The van der Waals surface area contributed by atoms with E-state index in [1.165, 1.54) is 5.56 Å². The Balaban J connectivity index is 2.01. The second-order valence-electron chi connectivity index (χ2n) is 5.94. The predicted molar refractivity (Wildman–Crippen MR) is 90.5 cm³/mol. The lowest BCUT2D eigenvalue weighted by Crippen LogP contribution is -2.15. The minimum absolute atomic E-state index is 0.0403. The molecule has 0 bridgehead atoms. The topological polar surface area (TPSA) is 47.6 Å². The maximum absolute atomic E-state index is 12.5. The van der Waals surface area contributed by atoms with Gasteiger partial charge in [-0.1, -0.05) is 29.8 Å². The molecule has 0 saturated carbocycles. The first-order valence-corrected chi connectivity index (χ1v) is 7.67. The smallest absolute Gasteiger partial charge is 0.232 e. The highest BCUT2D eigenvalue weighted by Crippen LogP contribution is 2.40. The van der Waals surface area contributed by atoms with Crippen LogP contribution in [0.15, 0.2) is 30.3 Å². The highest BCUT2D eigenvalue weighted by molar-refractivity contribution is 6.04. The average Bonchev–Trinajstić information content (AvgIpc) is 2.84. The molecule has 0 saturated heterocycles. The maximum Gasteiger partial charge on any atom is 0.232 e. The van der Waals surface area contributed by atoms with Crippen LogP contribution in [0.1, 0.15) is 28.2 Å². The molecule has 2 aromatic rings. The van der Waals surface area contributed by atoms with Crippen LogP contribution < -0.4 is 14.8 Å². The number of hydrogen-bond donors (Lipinski definition) is 1. The summed E-state index contributed by atoms with van der Waals surface area (Å²) in [7, 11) is 3.24. The molecular weight excluding hydrogens is 290 g/mol. The number of hydrogen-bond acceptors (Lipinski definition) is 3. The minimum atomic E-state index is -0.204. The highest BCUT2D eigenvalue weighted by Gasteiger charge is 2.32. The van der Waals surface area contributed by atoms with Gasteiger partial charge in [-0.25, -0.2) is 0 Å². The molecule has 0 radical (unpaired) electrons. The standard InChI is InChI=1S/C19H21NO3/c1-11-8-12(2)17-14(9-11)15(19(21)20-17)10-13-6-5-7-16(22-3)18(13)23-4/h5-9,15H,10H2,1-4H3,(H,20,21). The lowest BCUT2D eigenvalue weighted by atomic mass is 9.90. The molecule has 1 aliphatic heterocycles. The van der Waals surface area contributed by atoms with Crippen molar-refractivity contribution in [3.63, 3.8) is 0 Å². The first kappa shape index (κ1) is 15.4. The molecular formula is C19H21NO3. The maximum atomic E-state index is 12.5. The zero-order valence-corrected chi connectivity index (χ0v) is 13.9. The monoisotopic (exact) mass is 311 g/mol. The molecule has 0 fully saturated rings. The summed E-state index contributed by atoms with van der Waals surface area (Å²) in [5.41, 5.74) is 5.26. The molecule has 4 heteroatoms. The van der Waals surface area contributed by atoms with E-state index in [0.29, 0.717) is 17.9 Å². The van der Waals surface area contributed by atoms with E-state index >= 15 is 0 Å². The van der Waals surface area contributed by atoms with Crippen LogP contribution in [0, 0.1) is 13.8 Å². The van der Waals surface area contributed by atoms with E-state index in [0.717, 1.165) is 22.4 Å². The summed E-state index contributed by atoms with van der Waals surface area (Å²) in [4.78, 5) is 12.5. The van der Waals surface area contributed by atoms with Gasteiger partial charge in [0.05, 0.1) is 20.1 Å². The molecule has 3 rings (SSSR count). The largest absolute Gasteiger partial charge is 0.493 e. The Bertz CT molecular complexity index is 767. The van der Waals surface area contributed by atoms with Crippen LogP contribution in [-0.4, -0.2) is 20.1 Å². The number of aryl methyl sites for hydroxylation is 2. The van der Waals surface area contributed by atoms with Gasteiger partial charge in [-0.05, 0) is 43.0 Å². The summed E-state index contributed by atoms with van der Waals surface area (Å²) in [6.07, 6.45) is 0.585. The molecule has 0 aliphatic carbocycles. The Morgan fingerprint density at radius 2 is 1.91 bits per heavy atom. The first-order chi connectivity index (χ1) is 11.0. The van der Waals surface area contributed by atoms with Crippen molar-refractivity contribution < 1.29 is 14.3 Å². The van der Waals surface area contributed by atoms with Crippen LogP contribution in [0.5, 0.6) is 11.5 Å². The Morgan fingerprint density at radius 1 is 1.13 bits per heavy atom. The van der Waals surface area contributed by atoms with E-state index in [1.807, 2.05) is 25.1 Å². The fourth-order valence-electron chi connectivity index (χ4n) is 3.33. The molecule has 1 unspecified atom stereocenters. The molecule has 2 aromatic carbocycles. The summed E-state index contributed by atoms with van der Waals surface area (Å²) in [5.74, 6) is 1.22. The van der Waals surface area contributed by atoms with Gasteiger partial charge in [0.25, 0.3) is 0 Å². The number of amides is 1. The molecule has 0 aromatic heterocycles. The number of para-hydroxylation sites is 1. The SMILES string of the molecule is COc1cccc(CC2C(=O)Nc3c(C)cc(C)cc32)c1OC. The second kappa shape index (κ2) is 5.95. The molecule has 1 aliphatic rings. The lowest BCUT2D eigenvalue weighted by Gasteiger charge is -2.15. The summed E-state index contributed by atoms with van der Waals surface area (Å²) >= 11 is 0. The van der Waals surface area contributed by atoms with E-state index < -0.39 is 0 Å². The van der Waals surface area contributed by atoms with Gasteiger partial charge < -0.3 is 14.8 Å². The molecule has 1 heterocycles. The average molecular weight is 311 g/mol. The third-order valence-electron chi connectivity index (χ3n) is 4.36. The zero-order chi connectivity index (χ0) is 16.6.